The van der Waals surface area contributed by atoms with Gasteiger partial charge in [-0.3, -0.25) is 15.2 Å². The smallest absolute Gasteiger partial charge is 0.274 e. The second-order valence-corrected chi connectivity index (χ2v) is 4.08. The molecule has 6 nitrogen and oxygen atoms in total. The Balaban J connectivity index is 2.24. The third kappa shape index (κ3) is 2.32. The van der Waals surface area contributed by atoms with E-state index in [0.29, 0.717) is 5.56 Å². The Morgan fingerprint density at radius 2 is 2.22 bits per heavy atom. The maximum absolute atomic E-state index is 10.9. The molecule has 0 radical (unpaired) electrons. The summed E-state index contributed by atoms with van der Waals surface area (Å²) in [5, 5.41) is 20.8. The van der Waals surface area contributed by atoms with E-state index in [9.17, 15) is 10.1 Å². The lowest BCUT2D eigenvalue weighted by Crippen LogP contribution is -2.08. The zero-order valence-electron chi connectivity index (χ0n) is 10.2. The van der Waals surface area contributed by atoms with Gasteiger partial charge in [-0.25, -0.2) is 0 Å². The molecule has 2 rings (SSSR count). The molecule has 0 bridgehead atoms. The molecule has 2 aromatic rings. The predicted molar refractivity (Wildman–Crippen MR) is 68.5 cm³/mol. The zero-order valence-corrected chi connectivity index (χ0v) is 10.2. The van der Waals surface area contributed by atoms with Gasteiger partial charge in [0.05, 0.1) is 16.7 Å². The molecule has 1 unspecified atom stereocenters. The number of nitrogens with zero attached hydrogens (tertiary/aromatic N) is 2. The van der Waals surface area contributed by atoms with Crippen molar-refractivity contribution in [2.75, 3.05) is 5.32 Å². The Morgan fingerprint density at radius 3 is 2.83 bits per heavy atom. The molecule has 1 aromatic heterocycles. The lowest BCUT2D eigenvalue weighted by atomic mass is 10.1. The summed E-state index contributed by atoms with van der Waals surface area (Å²) in [6.45, 7) is 3.70. The fourth-order valence-electron chi connectivity index (χ4n) is 1.80. The predicted octanol–water partition coefficient (Wildman–Crippen LogP) is 2.80. The highest BCUT2D eigenvalue weighted by Crippen LogP contribution is 2.27. The van der Waals surface area contributed by atoms with Gasteiger partial charge in [0.25, 0.3) is 5.69 Å². The van der Waals surface area contributed by atoms with Crippen LogP contribution in [-0.4, -0.2) is 15.1 Å². The Hall–Kier alpha value is -2.37. The van der Waals surface area contributed by atoms with E-state index >= 15 is 0 Å². The van der Waals surface area contributed by atoms with Gasteiger partial charge >= 0.3 is 0 Å². The van der Waals surface area contributed by atoms with Crippen LogP contribution in [0.15, 0.2) is 30.5 Å². The molecule has 0 saturated carbocycles. The van der Waals surface area contributed by atoms with Crippen LogP contribution in [-0.2, 0) is 0 Å². The zero-order chi connectivity index (χ0) is 13.1. The van der Waals surface area contributed by atoms with Gasteiger partial charge in [-0.15, -0.1) is 0 Å². The maximum atomic E-state index is 10.9. The molecule has 2 N–H and O–H groups in total. The van der Waals surface area contributed by atoms with Crippen molar-refractivity contribution in [2.45, 2.75) is 19.9 Å². The molecular formula is C12H14N4O2. The fraction of sp³-hybridized carbons (Fsp3) is 0.250. The van der Waals surface area contributed by atoms with Crippen LogP contribution in [0, 0.1) is 17.0 Å². The fourth-order valence-corrected chi connectivity index (χ4v) is 1.80. The van der Waals surface area contributed by atoms with Gasteiger partial charge < -0.3 is 5.32 Å². The van der Waals surface area contributed by atoms with E-state index in [-0.39, 0.29) is 16.7 Å². The third-order valence-electron chi connectivity index (χ3n) is 2.86. The monoisotopic (exact) mass is 246 g/mol. The van der Waals surface area contributed by atoms with Crippen molar-refractivity contribution in [1.29, 1.82) is 0 Å². The third-order valence-corrected chi connectivity index (χ3v) is 2.86. The first-order valence-electron chi connectivity index (χ1n) is 5.59. The second kappa shape index (κ2) is 4.87. The van der Waals surface area contributed by atoms with E-state index in [1.807, 2.05) is 19.1 Å². The molecule has 1 aromatic carbocycles. The summed E-state index contributed by atoms with van der Waals surface area (Å²) in [5.74, 6) is 0. The molecule has 0 spiro atoms. The van der Waals surface area contributed by atoms with Gasteiger partial charge in [-0.1, -0.05) is 6.07 Å². The first-order valence-corrected chi connectivity index (χ1v) is 5.59. The summed E-state index contributed by atoms with van der Waals surface area (Å²) in [7, 11) is 0. The number of nitrogens with one attached hydrogen (secondary N) is 2. The largest absolute Gasteiger partial charge is 0.377 e. The number of hydrogen-bond acceptors (Lipinski definition) is 4. The Labute approximate surface area is 104 Å². The summed E-state index contributed by atoms with van der Waals surface area (Å²) in [6.07, 6.45) is 1.67. The van der Waals surface area contributed by atoms with Crippen molar-refractivity contribution >= 4 is 11.4 Å². The highest BCUT2D eigenvalue weighted by Gasteiger charge is 2.15. The molecule has 1 heterocycles. The van der Waals surface area contributed by atoms with Crippen molar-refractivity contribution < 1.29 is 4.92 Å². The van der Waals surface area contributed by atoms with E-state index in [1.165, 1.54) is 6.07 Å². The highest BCUT2D eigenvalue weighted by atomic mass is 16.6. The van der Waals surface area contributed by atoms with E-state index in [1.54, 1.807) is 19.2 Å². The minimum atomic E-state index is -0.374. The standard InChI is InChI=1S/C12H14N4O2/c1-8-10(4-3-5-12(8)16(17)18)14-9(2)11-6-7-13-15-11/h3-7,9,14H,1-2H3,(H,13,15). The molecule has 94 valence electrons. The van der Waals surface area contributed by atoms with Gasteiger partial charge in [0, 0.05) is 23.5 Å². The number of nitro groups is 1. The summed E-state index contributed by atoms with van der Waals surface area (Å²) in [4.78, 5) is 10.5. The van der Waals surface area contributed by atoms with Crippen LogP contribution in [0.4, 0.5) is 11.4 Å². The molecule has 6 heteroatoms. The SMILES string of the molecule is Cc1c(NC(C)c2ccn[nH]2)cccc1[N+](=O)[O-]. The van der Waals surface area contributed by atoms with E-state index in [0.717, 1.165) is 11.4 Å². The average Bonchev–Trinajstić information content (AvgIpc) is 2.85. The number of anilines is 1. The summed E-state index contributed by atoms with van der Waals surface area (Å²) >= 11 is 0. The minimum absolute atomic E-state index is 0.00760. The number of benzene rings is 1. The van der Waals surface area contributed by atoms with Crippen LogP contribution in [0.25, 0.3) is 0 Å². The Kier molecular flexibility index (Phi) is 3.27. The number of hydrogen-bond donors (Lipinski definition) is 2. The molecule has 0 aliphatic rings. The van der Waals surface area contributed by atoms with Crippen molar-refractivity contribution in [1.82, 2.24) is 10.2 Å². The first kappa shape index (κ1) is 12.1. The maximum Gasteiger partial charge on any atom is 0.274 e. The van der Waals surface area contributed by atoms with Crippen LogP contribution in [0.2, 0.25) is 0 Å². The summed E-state index contributed by atoms with van der Waals surface area (Å²) in [5.41, 5.74) is 2.44. The number of aromatic nitrogens is 2. The molecule has 18 heavy (non-hydrogen) atoms. The Morgan fingerprint density at radius 1 is 1.44 bits per heavy atom. The van der Waals surface area contributed by atoms with Gasteiger partial charge in [-0.05, 0) is 26.0 Å². The normalized spacial score (nSPS) is 12.1. The van der Waals surface area contributed by atoms with E-state index in [4.69, 9.17) is 0 Å². The Bertz CT molecular complexity index is 551. The highest BCUT2D eigenvalue weighted by molar-refractivity contribution is 5.60. The first-order chi connectivity index (χ1) is 8.59. The molecule has 0 aliphatic heterocycles. The van der Waals surface area contributed by atoms with Crippen LogP contribution in [0.5, 0.6) is 0 Å². The lowest BCUT2D eigenvalue weighted by molar-refractivity contribution is -0.385. The van der Waals surface area contributed by atoms with Crippen LogP contribution < -0.4 is 5.32 Å². The van der Waals surface area contributed by atoms with Gasteiger partial charge in [0.15, 0.2) is 0 Å². The molecule has 0 fully saturated rings. The number of aromatic amines is 1. The number of nitro benzene ring substituents is 1. The molecular weight excluding hydrogens is 232 g/mol. The molecule has 1 atom stereocenters. The van der Waals surface area contributed by atoms with E-state index in [2.05, 4.69) is 15.5 Å². The van der Waals surface area contributed by atoms with Gasteiger partial charge in [0.2, 0.25) is 0 Å². The van der Waals surface area contributed by atoms with Crippen LogP contribution in [0.1, 0.15) is 24.2 Å². The van der Waals surface area contributed by atoms with Crippen molar-refractivity contribution in [2.24, 2.45) is 0 Å². The lowest BCUT2D eigenvalue weighted by Gasteiger charge is -2.15. The molecule has 0 amide bonds. The van der Waals surface area contributed by atoms with Crippen LogP contribution in [0.3, 0.4) is 0 Å². The minimum Gasteiger partial charge on any atom is -0.377 e. The van der Waals surface area contributed by atoms with Crippen LogP contribution >= 0.6 is 0 Å². The summed E-state index contributed by atoms with van der Waals surface area (Å²) in [6, 6.07) is 6.88. The van der Waals surface area contributed by atoms with Crippen molar-refractivity contribution in [3.8, 4) is 0 Å². The molecule has 0 saturated heterocycles. The summed E-state index contributed by atoms with van der Waals surface area (Å²) < 4.78 is 0. The quantitative estimate of drug-likeness (QED) is 0.641. The molecule has 0 aliphatic carbocycles. The van der Waals surface area contributed by atoms with Crippen molar-refractivity contribution in [3.63, 3.8) is 0 Å². The van der Waals surface area contributed by atoms with Crippen molar-refractivity contribution in [3.05, 3.63) is 51.8 Å². The van der Waals surface area contributed by atoms with Gasteiger partial charge in [0.1, 0.15) is 0 Å². The topological polar surface area (TPSA) is 83.8 Å². The van der Waals surface area contributed by atoms with E-state index < -0.39 is 0 Å². The number of rotatable bonds is 4. The number of H-pyrrole nitrogens is 1. The average molecular weight is 246 g/mol. The second-order valence-electron chi connectivity index (χ2n) is 4.08. The van der Waals surface area contributed by atoms with Gasteiger partial charge in [-0.2, -0.15) is 5.10 Å².